The molecule has 0 saturated heterocycles. The summed E-state index contributed by atoms with van der Waals surface area (Å²) in [5.74, 6) is -1.46. The lowest BCUT2D eigenvalue weighted by Crippen LogP contribution is -2.44. The molecule has 8 nitrogen and oxygen atoms in total. The topological polar surface area (TPSA) is 124 Å². The van der Waals surface area contributed by atoms with Crippen molar-refractivity contribution in [1.29, 1.82) is 0 Å². The average molecular weight is 323 g/mol. The number of carbonyl (C=O) groups excluding carboxylic acids is 2. The number of carbonyl (C=O) groups is 3. The van der Waals surface area contributed by atoms with E-state index in [1.807, 2.05) is 0 Å². The van der Waals surface area contributed by atoms with Crippen LogP contribution in [0.3, 0.4) is 0 Å². The molecular weight excluding hydrogens is 306 g/mol. The van der Waals surface area contributed by atoms with Gasteiger partial charge in [0.2, 0.25) is 0 Å². The Bertz CT molecular complexity index is 628. The van der Waals surface area contributed by atoms with Crippen molar-refractivity contribution in [3.05, 3.63) is 23.8 Å². The Labute approximate surface area is 131 Å². The number of hydrogen-bond acceptors (Lipinski definition) is 6. The number of anilines is 1. The van der Waals surface area contributed by atoms with Crippen molar-refractivity contribution in [3.63, 3.8) is 0 Å². The molecule has 3 N–H and O–H groups in total. The number of aliphatic hydroxyl groups is 2. The van der Waals surface area contributed by atoms with Crippen molar-refractivity contribution in [2.45, 2.75) is 18.9 Å². The van der Waals surface area contributed by atoms with Gasteiger partial charge in [0.25, 0.3) is 5.91 Å². The third-order valence-corrected chi connectivity index (χ3v) is 3.39. The standard InChI is InChI=1S/C15H17NO7/c17-7-10(18)6-16-11-5-9(12(19)2-4-15(21)22)1-3-13(11)23-8-14(16)20/h1,3,5,10,17-18H,2,4,6-8H2,(H,21,22). The minimum absolute atomic E-state index is 0.127. The summed E-state index contributed by atoms with van der Waals surface area (Å²) in [6.45, 7) is -0.826. The van der Waals surface area contributed by atoms with Crippen LogP contribution in [0.2, 0.25) is 0 Å². The van der Waals surface area contributed by atoms with E-state index >= 15 is 0 Å². The van der Waals surface area contributed by atoms with E-state index in [9.17, 15) is 19.5 Å². The molecule has 1 aliphatic heterocycles. The minimum Gasteiger partial charge on any atom is -0.482 e. The van der Waals surface area contributed by atoms with E-state index in [1.165, 1.54) is 23.1 Å². The van der Waals surface area contributed by atoms with Crippen molar-refractivity contribution >= 4 is 23.3 Å². The van der Waals surface area contributed by atoms with E-state index < -0.39 is 24.6 Å². The molecule has 2 rings (SSSR count). The second-order valence-electron chi connectivity index (χ2n) is 5.13. The maximum Gasteiger partial charge on any atom is 0.303 e. The summed E-state index contributed by atoms with van der Waals surface area (Å²) < 4.78 is 5.27. The third kappa shape index (κ3) is 4.05. The molecule has 0 spiro atoms. The van der Waals surface area contributed by atoms with Crippen LogP contribution in [0.1, 0.15) is 23.2 Å². The first-order valence-corrected chi connectivity index (χ1v) is 7.03. The summed E-state index contributed by atoms with van der Waals surface area (Å²) >= 11 is 0. The fraction of sp³-hybridized carbons (Fsp3) is 0.400. The van der Waals surface area contributed by atoms with Gasteiger partial charge in [0.05, 0.1) is 31.4 Å². The van der Waals surface area contributed by atoms with E-state index in [-0.39, 0.29) is 37.3 Å². The van der Waals surface area contributed by atoms with Gasteiger partial charge >= 0.3 is 5.97 Å². The zero-order valence-electron chi connectivity index (χ0n) is 12.3. The first-order valence-electron chi connectivity index (χ1n) is 7.03. The Hall–Kier alpha value is -2.45. The fourth-order valence-corrected chi connectivity index (χ4v) is 2.21. The summed E-state index contributed by atoms with van der Waals surface area (Å²) in [4.78, 5) is 35.7. The Kier molecular flexibility index (Phi) is 5.30. The van der Waals surface area contributed by atoms with Crippen LogP contribution >= 0.6 is 0 Å². The first-order chi connectivity index (χ1) is 10.9. The quantitative estimate of drug-likeness (QED) is 0.594. The number of Topliss-reactive ketones (excluding diaryl/α,β-unsaturated/α-hetero) is 1. The van der Waals surface area contributed by atoms with Crippen molar-refractivity contribution < 1.29 is 34.4 Å². The highest BCUT2D eigenvalue weighted by Crippen LogP contribution is 2.33. The van der Waals surface area contributed by atoms with Crippen LogP contribution in [0.5, 0.6) is 5.75 Å². The van der Waals surface area contributed by atoms with Crippen molar-refractivity contribution in [2.75, 3.05) is 24.7 Å². The van der Waals surface area contributed by atoms with Gasteiger partial charge in [0, 0.05) is 12.0 Å². The van der Waals surface area contributed by atoms with Gasteiger partial charge in [-0.3, -0.25) is 14.4 Å². The Morgan fingerprint density at radius 2 is 2.04 bits per heavy atom. The molecule has 1 amide bonds. The molecule has 1 atom stereocenters. The van der Waals surface area contributed by atoms with E-state index in [0.29, 0.717) is 11.4 Å². The molecule has 0 aromatic heterocycles. The molecule has 0 bridgehead atoms. The lowest BCUT2D eigenvalue weighted by molar-refractivity contribution is -0.137. The summed E-state index contributed by atoms with van der Waals surface area (Å²) in [5.41, 5.74) is 0.571. The molecule has 0 radical (unpaired) electrons. The molecule has 23 heavy (non-hydrogen) atoms. The van der Waals surface area contributed by atoms with Gasteiger partial charge < -0.3 is 25.0 Å². The minimum atomic E-state index is -1.11. The van der Waals surface area contributed by atoms with Crippen LogP contribution in [-0.2, 0) is 9.59 Å². The maximum absolute atomic E-state index is 12.0. The van der Waals surface area contributed by atoms with Crippen LogP contribution < -0.4 is 9.64 Å². The highest BCUT2D eigenvalue weighted by Gasteiger charge is 2.28. The van der Waals surface area contributed by atoms with Gasteiger partial charge in [0.1, 0.15) is 5.75 Å². The molecule has 124 valence electrons. The number of aliphatic carboxylic acids is 1. The van der Waals surface area contributed by atoms with Crippen molar-refractivity contribution in [2.24, 2.45) is 0 Å². The van der Waals surface area contributed by atoms with Gasteiger partial charge in [-0.05, 0) is 18.2 Å². The van der Waals surface area contributed by atoms with Crippen LogP contribution in [-0.4, -0.2) is 58.8 Å². The van der Waals surface area contributed by atoms with Crippen LogP contribution in [0.4, 0.5) is 5.69 Å². The molecule has 1 heterocycles. The predicted molar refractivity (Wildman–Crippen MR) is 78.6 cm³/mol. The first kappa shape index (κ1) is 16.9. The number of aliphatic hydroxyl groups excluding tert-OH is 2. The summed E-state index contributed by atoms with van der Waals surface area (Å²) in [6.07, 6.45) is -1.54. The molecule has 1 aromatic carbocycles. The number of β-amino-alcohol motifs (C(OH)–C–C–N with tert-alkyl or cyclic N) is 1. The Morgan fingerprint density at radius 1 is 1.30 bits per heavy atom. The number of carboxylic acid groups (broad SMARTS) is 1. The monoisotopic (exact) mass is 323 g/mol. The zero-order chi connectivity index (χ0) is 17.0. The number of ketones is 1. The second kappa shape index (κ2) is 7.21. The predicted octanol–water partition coefficient (Wildman–Crippen LogP) is -0.187. The molecule has 1 aliphatic rings. The van der Waals surface area contributed by atoms with Crippen LogP contribution in [0.25, 0.3) is 0 Å². The molecule has 0 saturated carbocycles. The molecule has 0 fully saturated rings. The lowest BCUT2D eigenvalue weighted by Gasteiger charge is -2.30. The molecule has 8 heteroatoms. The number of carboxylic acids is 1. The normalized spacial score (nSPS) is 14.9. The number of benzene rings is 1. The van der Waals surface area contributed by atoms with Crippen LogP contribution in [0.15, 0.2) is 18.2 Å². The highest BCUT2D eigenvalue weighted by atomic mass is 16.5. The molecule has 1 unspecified atom stereocenters. The number of ether oxygens (including phenoxy) is 1. The fourth-order valence-electron chi connectivity index (χ4n) is 2.21. The molecule has 0 aliphatic carbocycles. The smallest absolute Gasteiger partial charge is 0.303 e. The number of fused-ring (bicyclic) bond motifs is 1. The van der Waals surface area contributed by atoms with Crippen LogP contribution in [0, 0.1) is 0 Å². The van der Waals surface area contributed by atoms with Gasteiger partial charge in [-0.1, -0.05) is 0 Å². The van der Waals surface area contributed by atoms with E-state index in [4.69, 9.17) is 14.9 Å². The number of hydrogen-bond donors (Lipinski definition) is 3. The number of amides is 1. The molecule has 1 aromatic rings. The zero-order valence-corrected chi connectivity index (χ0v) is 12.3. The lowest BCUT2D eigenvalue weighted by atomic mass is 10.0. The maximum atomic E-state index is 12.0. The Morgan fingerprint density at radius 3 is 2.70 bits per heavy atom. The SMILES string of the molecule is O=C(O)CCC(=O)c1ccc2c(c1)N(CC(O)CO)C(=O)CO2. The van der Waals surface area contributed by atoms with E-state index in [0.717, 1.165) is 0 Å². The number of rotatable bonds is 7. The van der Waals surface area contributed by atoms with Gasteiger partial charge in [0.15, 0.2) is 12.4 Å². The number of nitrogens with zero attached hydrogens (tertiary/aromatic N) is 1. The second-order valence-corrected chi connectivity index (χ2v) is 5.13. The third-order valence-electron chi connectivity index (χ3n) is 3.39. The highest BCUT2D eigenvalue weighted by molar-refractivity contribution is 6.02. The average Bonchev–Trinajstić information content (AvgIpc) is 2.54. The van der Waals surface area contributed by atoms with Gasteiger partial charge in [-0.2, -0.15) is 0 Å². The van der Waals surface area contributed by atoms with E-state index in [1.54, 1.807) is 0 Å². The summed E-state index contributed by atoms with van der Waals surface area (Å²) in [6, 6.07) is 4.45. The van der Waals surface area contributed by atoms with Crippen molar-refractivity contribution in [1.82, 2.24) is 0 Å². The Balaban J connectivity index is 2.26. The molecular formula is C15H17NO7. The largest absolute Gasteiger partial charge is 0.482 e. The summed E-state index contributed by atoms with van der Waals surface area (Å²) in [5, 5.41) is 27.1. The van der Waals surface area contributed by atoms with Crippen molar-refractivity contribution in [3.8, 4) is 5.75 Å². The van der Waals surface area contributed by atoms with Gasteiger partial charge in [-0.25, -0.2) is 0 Å². The summed E-state index contributed by atoms with van der Waals surface area (Å²) in [7, 11) is 0. The van der Waals surface area contributed by atoms with E-state index in [2.05, 4.69) is 0 Å². The van der Waals surface area contributed by atoms with Gasteiger partial charge in [-0.15, -0.1) is 0 Å².